The predicted octanol–water partition coefficient (Wildman–Crippen LogP) is 4.51. The molecule has 0 saturated heterocycles. The van der Waals surface area contributed by atoms with E-state index in [1.54, 1.807) is 24.3 Å². The summed E-state index contributed by atoms with van der Waals surface area (Å²) in [5.74, 6) is -1.11. The van der Waals surface area contributed by atoms with Crippen molar-refractivity contribution in [2.75, 3.05) is 10.6 Å². The van der Waals surface area contributed by atoms with Crippen LogP contribution in [0.5, 0.6) is 0 Å². The van der Waals surface area contributed by atoms with Crippen molar-refractivity contribution in [3.63, 3.8) is 0 Å². The minimum absolute atomic E-state index is 0.00798. The molecule has 3 aromatic rings. The fourth-order valence-corrected chi connectivity index (χ4v) is 2.52. The van der Waals surface area contributed by atoms with Gasteiger partial charge in [0.05, 0.1) is 24.1 Å². The van der Waals surface area contributed by atoms with Gasteiger partial charge in [-0.1, -0.05) is 23.7 Å². The molecule has 0 atom stereocenters. The van der Waals surface area contributed by atoms with E-state index < -0.39 is 11.7 Å². The fraction of sp³-hybridized carbons (Fsp3) is 0.0526. The zero-order valence-corrected chi connectivity index (χ0v) is 14.2. The molecule has 2 N–H and O–H groups in total. The maximum absolute atomic E-state index is 13.2. The summed E-state index contributed by atoms with van der Waals surface area (Å²) in [7, 11) is 0. The normalized spacial score (nSPS) is 10.4. The lowest BCUT2D eigenvalue weighted by Gasteiger charge is -2.12. The van der Waals surface area contributed by atoms with E-state index in [-0.39, 0.29) is 18.1 Å². The first-order chi connectivity index (χ1) is 12.5. The van der Waals surface area contributed by atoms with Crippen molar-refractivity contribution in [3.8, 4) is 0 Å². The van der Waals surface area contributed by atoms with E-state index in [0.29, 0.717) is 22.0 Å². The van der Waals surface area contributed by atoms with E-state index in [1.807, 2.05) is 0 Å². The molecule has 5 nitrogen and oxygen atoms in total. The number of carbonyl (C=O) groups excluding carboxylic acids is 2. The van der Waals surface area contributed by atoms with Gasteiger partial charge < -0.3 is 15.1 Å². The lowest BCUT2D eigenvalue weighted by atomic mass is 10.1. The molecule has 26 heavy (non-hydrogen) atoms. The zero-order chi connectivity index (χ0) is 18.5. The first kappa shape index (κ1) is 17.7. The highest BCUT2D eigenvalue weighted by Crippen LogP contribution is 2.26. The molecule has 0 radical (unpaired) electrons. The van der Waals surface area contributed by atoms with Gasteiger partial charge in [0.2, 0.25) is 5.91 Å². The monoisotopic (exact) mass is 372 g/mol. The molecule has 0 spiro atoms. The van der Waals surface area contributed by atoms with Gasteiger partial charge in [-0.15, -0.1) is 0 Å². The molecular formula is C19H14ClFN2O3. The lowest BCUT2D eigenvalue weighted by Crippen LogP contribution is -2.18. The molecule has 0 unspecified atom stereocenters. The second-order valence-corrected chi connectivity index (χ2v) is 5.91. The van der Waals surface area contributed by atoms with Crippen molar-refractivity contribution in [1.82, 2.24) is 0 Å². The number of carbonyl (C=O) groups is 2. The number of anilines is 2. The molecule has 2 aromatic carbocycles. The Labute approximate surface area is 153 Å². The molecule has 1 heterocycles. The average Bonchev–Trinajstić information content (AvgIpc) is 3.12. The standard InChI is InChI=1S/C19H14ClFN2O3/c20-13-6-7-15(16(11-13)23-19(25)17-5-2-8-26-17)22-18(24)10-12-3-1-4-14(21)9-12/h1-9,11H,10H2,(H,22,24)(H,23,25). The molecule has 0 aliphatic carbocycles. The third-order valence-corrected chi connectivity index (χ3v) is 3.74. The SMILES string of the molecule is O=C(Cc1cccc(F)c1)Nc1ccc(Cl)cc1NC(=O)c1ccco1. The number of benzene rings is 2. The molecule has 2 amide bonds. The van der Waals surface area contributed by atoms with Crippen molar-refractivity contribution in [1.29, 1.82) is 0 Å². The molecule has 0 aliphatic rings. The number of furan rings is 1. The van der Waals surface area contributed by atoms with Crippen LogP contribution in [0.3, 0.4) is 0 Å². The molecule has 7 heteroatoms. The van der Waals surface area contributed by atoms with Crippen molar-refractivity contribution in [3.05, 3.63) is 83.0 Å². The van der Waals surface area contributed by atoms with Crippen LogP contribution < -0.4 is 10.6 Å². The van der Waals surface area contributed by atoms with Crippen LogP contribution in [0, 0.1) is 5.82 Å². The number of halogens is 2. The molecule has 1 aromatic heterocycles. The summed E-state index contributed by atoms with van der Waals surface area (Å²) in [5, 5.41) is 5.72. The minimum Gasteiger partial charge on any atom is -0.459 e. The summed E-state index contributed by atoms with van der Waals surface area (Å²) in [4.78, 5) is 24.4. The lowest BCUT2D eigenvalue weighted by molar-refractivity contribution is -0.115. The van der Waals surface area contributed by atoms with Crippen LogP contribution in [0.15, 0.2) is 65.3 Å². The first-order valence-electron chi connectivity index (χ1n) is 7.70. The highest BCUT2D eigenvalue weighted by Gasteiger charge is 2.14. The Hall–Kier alpha value is -3.12. The summed E-state index contributed by atoms with van der Waals surface area (Å²) in [5.41, 5.74) is 1.24. The second kappa shape index (κ2) is 7.84. The Bertz CT molecular complexity index is 942. The predicted molar refractivity (Wildman–Crippen MR) is 96.8 cm³/mol. The summed E-state index contributed by atoms with van der Waals surface area (Å²) in [6.07, 6.45) is 1.38. The Kier molecular flexibility index (Phi) is 5.34. The number of nitrogens with one attached hydrogen (secondary N) is 2. The third-order valence-electron chi connectivity index (χ3n) is 3.50. The third kappa shape index (κ3) is 4.49. The van der Waals surface area contributed by atoms with Gasteiger partial charge in [0, 0.05) is 5.02 Å². The smallest absolute Gasteiger partial charge is 0.291 e. The molecular weight excluding hydrogens is 359 g/mol. The molecule has 132 valence electrons. The topological polar surface area (TPSA) is 71.3 Å². The molecule has 0 saturated carbocycles. The molecule has 3 rings (SSSR count). The average molecular weight is 373 g/mol. The van der Waals surface area contributed by atoms with Crippen molar-refractivity contribution in [2.45, 2.75) is 6.42 Å². The summed E-state index contributed by atoms with van der Waals surface area (Å²) >= 11 is 5.98. The van der Waals surface area contributed by atoms with E-state index in [0.717, 1.165) is 0 Å². The van der Waals surface area contributed by atoms with Gasteiger partial charge in [-0.25, -0.2) is 4.39 Å². The van der Waals surface area contributed by atoms with Crippen molar-refractivity contribution < 1.29 is 18.4 Å². The van der Waals surface area contributed by atoms with Crippen LogP contribution in [-0.2, 0) is 11.2 Å². The number of hydrogen-bond acceptors (Lipinski definition) is 3. The summed E-state index contributed by atoms with van der Waals surface area (Å²) < 4.78 is 18.3. The highest BCUT2D eigenvalue weighted by molar-refractivity contribution is 6.31. The van der Waals surface area contributed by atoms with Crippen LogP contribution in [0.25, 0.3) is 0 Å². The van der Waals surface area contributed by atoms with E-state index in [1.165, 1.54) is 36.6 Å². The van der Waals surface area contributed by atoms with Gasteiger partial charge in [-0.2, -0.15) is 0 Å². The Morgan fingerprint density at radius 3 is 2.58 bits per heavy atom. The van der Waals surface area contributed by atoms with Crippen LogP contribution in [-0.4, -0.2) is 11.8 Å². The first-order valence-corrected chi connectivity index (χ1v) is 8.08. The van der Waals surface area contributed by atoms with E-state index in [9.17, 15) is 14.0 Å². The van der Waals surface area contributed by atoms with Crippen LogP contribution in [0.2, 0.25) is 5.02 Å². The van der Waals surface area contributed by atoms with Crippen molar-refractivity contribution in [2.24, 2.45) is 0 Å². The fourth-order valence-electron chi connectivity index (χ4n) is 2.35. The molecule has 0 bridgehead atoms. The number of rotatable bonds is 5. The van der Waals surface area contributed by atoms with Gasteiger partial charge in [0.1, 0.15) is 5.82 Å². The van der Waals surface area contributed by atoms with Gasteiger partial charge >= 0.3 is 0 Å². The van der Waals surface area contributed by atoms with E-state index in [4.69, 9.17) is 16.0 Å². The van der Waals surface area contributed by atoms with E-state index >= 15 is 0 Å². The van der Waals surface area contributed by atoms with Crippen LogP contribution in [0.4, 0.5) is 15.8 Å². The maximum atomic E-state index is 13.2. The Morgan fingerprint density at radius 1 is 1.00 bits per heavy atom. The van der Waals surface area contributed by atoms with E-state index in [2.05, 4.69) is 10.6 Å². The molecule has 0 fully saturated rings. The van der Waals surface area contributed by atoms with Crippen LogP contribution >= 0.6 is 11.6 Å². The van der Waals surface area contributed by atoms with Gasteiger partial charge in [-0.05, 0) is 48.0 Å². The number of amides is 2. The number of hydrogen-bond donors (Lipinski definition) is 2. The molecule has 0 aliphatic heterocycles. The minimum atomic E-state index is -0.474. The van der Waals surface area contributed by atoms with Crippen LogP contribution in [0.1, 0.15) is 16.1 Å². The quantitative estimate of drug-likeness (QED) is 0.692. The maximum Gasteiger partial charge on any atom is 0.291 e. The Balaban J connectivity index is 1.75. The summed E-state index contributed by atoms with van der Waals surface area (Å²) in [6, 6.07) is 13.6. The van der Waals surface area contributed by atoms with Gasteiger partial charge in [-0.3, -0.25) is 9.59 Å². The zero-order valence-electron chi connectivity index (χ0n) is 13.5. The van der Waals surface area contributed by atoms with Gasteiger partial charge in [0.15, 0.2) is 5.76 Å². The highest BCUT2D eigenvalue weighted by atomic mass is 35.5. The second-order valence-electron chi connectivity index (χ2n) is 5.48. The van der Waals surface area contributed by atoms with Crippen molar-refractivity contribution >= 4 is 34.8 Å². The largest absolute Gasteiger partial charge is 0.459 e. The summed E-state index contributed by atoms with van der Waals surface area (Å²) in [6.45, 7) is 0. The Morgan fingerprint density at radius 2 is 1.85 bits per heavy atom. The van der Waals surface area contributed by atoms with Gasteiger partial charge in [0.25, 0.3) is 5.91 Å².